The minimum atomic E-state index is -0.392. The summed E-state index contributed by atoms with van der Waals surface area (Å²) in [6, 6.07) is 5.71. The summed E-state index contributed by atoms with van der Waals surface area (Å²) in [4.78, 5) is 11.7. The second-order valence-electron chi connectivity index (χ2n) is 6.81. The standard InChI is InChI=1S/C17H23FN2O2/c1-12-7-14(10-17(2,3)9-12)19-20-16(21)11-22-15-6-4-5-13(18)8-15/h4-6,8,12H,7,9-11H2,1-3H3,(H,20,21)/b19-14+. The topological polar surface area (TPSA) is 50.7 Å². The van der Waals surface area contributed by atoms with E-state index in [1.807, 2.05) is 0 Å². The molecule has 5 heteroatoms. The molecule has 0 aromatic heterocycles. The quantitative estimate of drug-likeness (QED) is 0.865. The van der Waals surface area contributed by atoms with Crippen LogP contribution in [0.1, 0.15) is 40.0 Å². The van der Waals surface area contributed by atoms with Crippen molar-refractivity contribution in [2.45, 2.75) is 40.0 Å². The van der Waals surface area contributed by atoms with Crippen molar-refractivity contribution in [1.29, 1.82) is 0 Å². The molecule has 120 valence electrons. The van der Waals surface area contributed by atoms with Gasteiger partial charge in [0.25, 0.3) is 5.91 Å². The van der Waals surface area contributed by atoms with Crippen molar-refractivity contribution in [2.24, 2.45) is 16.4 Å². The summed E-state index contributed by atoms with van der Waals surface area (Å²) >= 11 is 0. The third-order valence-corrected chi connectivity index (χ3v) is 3.67. The highest BCUT2D eigenvalue weighted by Crippen LogP contribution is 2.36. The first-order valence-corrected chi connectivity index (χ1v) is 7.57. The predicted molar refractivity (Wildman–Crippen MR) is 84.3 cm³/mol. The third-order valence-electron chi connectivity index (χ3n) is 3.67. The molecule has 1 amide bonds. The Bertz CT molecular complexity index is 570. The molecule has 0 bridgehead atoms. The van der Waals surface area contributed by atoms with E-state index in [1.165, 1.54) is 24.6 Å². The molecule has 1 aliphatic carbocycles. The predicted octanol–water partition coefficient (Wildman–Crippen LogP) is 3.52. The highest BCUT2D eigenvalue weighted by Gasteiger charge is 2.29. The molecule has 1 unspecified atom stereocenters. The van der Waals surface area contributed by atoms with Gasteiger partial charge in [0.2, 0.25) is 0 Å². The fraction of sp³-hybridized carbons (Fsp3) is 0.529. The third kappa shape index (κ3) is 5.13. The molecule has 1 aromatic carbocycles. The zero-order valence-corrected chi connectivity index (χ0v) is 13.4. The van der Waals surface area contributed by atoms with E-state index in [0.717, 1.165) is 18.6 Å². The van der Waals surface area contributed by atoms with Gasteiger partial charge in [-0.1, -0.05) is 26.8 Å². The van der Waals surface area contributed by atoms with Gasteiger partial charge in [0.1, 0.15) is 11.6 Å². The average Bonchev–Trinajstić information content (AvgIpc) is 2.41. The zero-order chi connectivity index (χ0) is 16.2. The van der Waals surface area contributed by atoms with Gasteiger partial charge in [-0.2, -0.15) is 5.10 Å². The lowest BCUT2D eigenvalue weighted by Gasteiger charge is -2.34. The number of benzene rings is 1. The lowest BCUT2D eigenvalue weighted by atomic mass is 9.72. The number of hydrogen-bond donors (Lipinski definition) is 1. The smallest absolute Gasteiger partial charge is 0.277 e. The van der Waals surface area contributed by atoms with E-state index in [-0.39, 0.29) is 17.9 Å². The molecule has 0 radical (unpaired) electrons. The van der Waals surface area contributed by atoms with Gasteiger partial charge in [-0.25, -0.2) is 9.82 Å². The van der Waals surface area contributed by atoms with Crippen molar-refractivity contribution in [3.05, 3.63) is 30.1 Å². The fourth-order valence-electron chi connectivity index (χ4n) is 3.08. The van der Waals surface area contributed by atoms with Crippen LogP contribution in [-0.2, 0) is 4.79 Å². The van der Waals surface area contributed by atoms with Crippen molar-refractivity contribution >= 4 is 11.6 Å². The number of rotatable bonds is 4. The van der Waals surface area contributed by atoms with Crippen LogP contribution < -0.4 is 10.2 Å². The summed E-state index contributed by atoms with van der Waals surface area (Å²) in [7, 11) is 0. The maximum absolute atomic E-state index is 13.0. The Morgan fingerprint density at radius 2 is 2.27 bits per heavy atom. The highest BCUT2D eigenvalue weighted by atomic mass is 19.1. The molecular formula is C17H23FN2O2. The van der Waals surface area contributed by atoms with E-state index < -0.39 is 5.82 Å². The van der Waals surface area contributed by atoms with Crippen molar-refractivity contribution in [1.82, 2.24) is 5.43 Å². The molecule has 1 fully saturated rings. The molecule has 1 aliphatic rings. The van der Waals surface area contributed by atoms with Crippen molar-refractivity contribution in [3.63, 3.8) is 0 Å². The van der Waals surface area contributed by atoms with Crippen LogP contribution in [0.3, 0.4) is 0 Å². The number of amides is 1. The van der Waals surface area contributed by atoms with E-state index in [9.17, 15) is 9.18 Å². The number of nitrogens with zero attached hydrogens (tertiary/aromatic N) is 1. The fourth-order valence-corrected chi connectivity index (χ4v) is 3.08. The van der Waals surface area contributed by atoms with Crippen LogP contribution in [0, 0.1) is 17.2 Å². The summed E-state index contributed by atoms with van der Waals surface area (Å²) in [5.41, 5.74) is 3.76. The van der Waals surface area contributed by atoms with Gasteiger partial charge in [-0.3, -0.25) is 4.79 Å². The molecular weight excluding hydrogens is 283 g/mol. The molecule has 1 saturated carbocycles. The number of hydrogen-bond acceptors (Lipinski definition) is 3. The van der Waals surface area contributed by atoms with E-state index in [1.54, 1.807) is 6.07 Å². The number of nitrogens with one attached hydrogen (secondary N) is 1. The Morgan fingerprint density at radius 1 is 1.50 bits per heavy atom. The number of ether oxygens (including phenoxy) is 1. The van der Waals surface area contributed by atoms with Gasteiger partial charge in [0.15, 0.2) is 6.61 Å². The first-order chi connectivity index (χ1) is 10.3. The van der Waals surface area contributed by atoms with E-state index >= 15 is 0 Å². The Labute approximate surface area is 130 Å². The minimum absolute atomic E-state index is 0.181. The Morgan fingerprint density at radius 3 is 2.95 bits per heavy atom. The van der Waals surface area contributed by atoms with Gasteiger partial charge in [0.05, 0.1) is 0 Å². The molecule has 0 aliphatic heterocycles. The van der Waals surface area contributed by atoms with Crippen molar-refractivity contribution in [3.8, 4) is 5.75 Å². The number of hydrazone groups is 1. The Hall–Kier alpha value is -1.91. The molecule has 22 heavy (non-hydrogen) atoms. The normalized spacial score (nSPS) is 22.4. The van der Waals surface area contributed by atoms with E-state index in [2.05, 4.69) is 31.3 Å². The first-order valence-electron chi connectivity index (χ1n) is 7.57. The summed E-state index contributed by atoms with van der Waals surface area (Å²) in [6.45, 7) is 6.45. The van der Waals surface area contributed by atoms with Crippen LogP contribution in [0.25, 0.3) is 0 Å². The van der Waals surface area contributed by atoms with Crippen molar-refractivity contribution < 1.29 is 13.9 Å². The van der Waals surface area contributed by atoms with Crippen LogP contribution in [0.4, 0.5) is 4.39 Å². The summed E-state index contributed by atoms with van der Waals surface area (Å²) in [5.74, 6) is 0.169. The van der Waals surface area contributed by atoms with Gasteiger partial charge >= 0.3 is 0 Å². The summed E-state index contributed by atoms with van der Waals surface area (Å²) in [6.07, 6.45) is 2.97. The molecule has 0 saturated heterocycles. The molecule has 1 atom stereocenters. The maximum atomic E-state index is 13.0. The molecule has 0 spiro atoms. The van der Waals surface area contributed by atoms with Crippen molar-refractivity contribution in [2.75, 3.05) is 6.61 Å². The van der Waals surface area contributed by atoms with E-state index in [4.69, 9.17) is 4.74 Å². The lowest BCUT2D eigenvalue weighted by molar-refractivity contribution is -0.123. The minimum Gasteiger partial charge on any atom is -0.484 e. The summed E-state index contributed by atoms with van der Waals surface area (Å²) in [5, 5.41) is 4.22. The molecule has 0 heterocycles. The molecule has 2 rings (SSSR count). The monoisotopic (exact) mass is 306 g/mol. The second-order valence-corrected chi connectivity index (χ2v) is 6.81. The Balaban J connectivity index is 1.83. The molecule has 1 aromatic rings. The largest absolute Gasteiger partial charge is 0.484 e. The number of carbonyl (C=O) groups is 1. The molecule has 1 N–H and O–H groups in total. The second kappa shape index (κ2) is 6.90. The van der Waals surface area contributed by atoms with Crippen LogP contribution in [0.5, 0.6) is 5.75 Å². The zero-order valence-electron chi connectivity index (χ0n) is 13.4. The lowest BCUT2D eigenvalue weighted by Crippen LogP contribution is -2.31. The maximum Gasteiger partial charge on any atom is 0.277 e. The van der Waals surface area contributed by atoms with Gasteiger partial charge in [-0.05, 0) is 42.7 Å². The van der Waals surface area contributed by atoms with Crippen LogP contribution in [0.2, 0.25) is 0 Å². The number of carbonyl (C=O) groups excluding carboxylic acids is 1. The first kappa shape index (κ1) is 16.5. The van der Waals surface area contributed by atoms with Crippen LogP contribution >= 0.6 is 0 Å². The van der Waals surface area contributed by atoms with Crippen LogP contribution in [0.15, 0.2) is 29.4 Å². The van der Waals surface area contributed by atoms with E-state index in [0.29, 0.717) is 11.7 Å². The van der Waals surface area contributed by atoms with Gasteiger partial charge in [-0.15, -0.1) is 0 Å². The Kier molecular flexibility index (Phi) is 5.16. The highest BCUT2D eigenvalue weighted by molar-refractivity contribution is 5.87. The average molecular weight is 306 g/mol. The SMILES string of the molecule is CC1C/C(=N\NC(=O)COc2cccc(F)c2)CC(C)(C)C1. The van der Waals surface area contributed by atoms with Gasteiger partial charge in [0, 0.05) is 11.8 Å². The molecule has 4 nitrogen and oxygen atoms in total. The van der Waals surface area contributed by atoms with Gasteiger partial charge < -0.3 is 4.74 Å². The summed E-state index contributed by atoms with van der Waals surface area (Å²) < 4.78 is 18.2. The number of halogens is 1. The van der Waals surface area contributed by atoms with Crippen LogP contribution in [-0.4, -0.2) is 18.2 Å².